The summed E-state index contributed by atoms with van der Waals surface area (Å²) in [6.07, 6.45) is 1.84. The van der Waals surface area contributed by atoms with Crippen molar-refractivity contribution < 1.29 is 19.0 Å². The number of amidine groups is 1. The van der Waals surface area contributed by atoms with Crippen molar-refractivity contribution in [3.05, 3.63) is 57.4 Å². The van der Waals surface area contributed by atoms with Crippen LogP contribution in [0.4, 0.5) is 5.69 Å². The first-order valence-corrected chi connectivity index (χ1v) is 11.0. The van der Waals surface area contributed by atoms with Crippen molar-refractivity contribution in [1.82, 2.24) is 4.90 Å². The SMILES string of the molecule is CCOc1cc(Br)c(/C=C2\SC(=Nc3ccccc3)N(CCOC)C2=O)cc1OC. The molecular weight excluding hydrogens is 468 g/mol. The van der Waals surface area contributed by atoms with Gasteiger partial charge in [-0.25, -0.2) is 4.99 Å². The van der Waals surface area contributed by atoms with Crippen LogP contribution in [0, 0.1) is 0 Å². The standard InChI is InChI=1S/C22H23BrN2O4S/c1-4-29-19-14-17(23)15(12-18(19)28-3)13-20-21(26)25(10-11-27-2)22(30-20)24-16-8-6-5-7-9-16/h5-9,12-14H,4,10-11H2,1-3H3/b20-13-,24-22?. The van der Waals surface area contributed by atoms with Gasteiger partial charge in [0.2, 0.25) is 0 Å². The number of para-hydroxylation sites is 1. The predicted octanol–water partition coefficient (Wildman–Crippen LogP) is 5.11. The molecule has 3 rings (SSSR count). The molecule has 30 heavy (non-hydrogen) atoms. The zero-order chi connectivity index (χ0) is 21.5. The number of nitrogens with zero attached hydrogens (tertiary/aromatic N) is 2. The number of thioether (sulfide) groups is 1. The lowest BCUT2D eigenvalue weighted by Gasteiger charge is -2.14. The normalized spacial score (nSPS) is 16.5. The van der Waals surface area contributed by atoms with Crippen molar-refractivity contribution in [3.8, 4) is 11.5 Å². The molecular formula is C22H23BrN2O4S. The van der Waals surface area contributed by atoms with Gasteiger partial charge in [-0.1, -0.05) is 34.1 Å². The molecule has 0 spiro atoms. The van der Waals surface area contributed by atoms with E-state index in [1.54, 1.807) is 19.1 Å². The van der Waals surface area contributed by atoms with Crippen LogP contribution in [0.5, 0.6) is 11.5 Å². The Bertz CT molecular complexity index is 963. The van der Waals surface area contributed by atoms with E-state index in [4.69, 9.17) is 14.2 Å². The molecule has 6 nitrogen and oxygen atoms in total. The zero-order valence-corrected chi connectivity index (χ0v) is 19.5. The van der Waals surface area contributed by atoms with Crippen molar-refractivity contribution in [2.75, 3.05) is 34.0 Å². The fourth-order valence-electron chi connectivity index (χ4n) is 2.81. The minimum absolute atomic E-state index is 0.105. The third kappa shape index (κ3) is 5.24. The fraction of sp³-hybridized carbons (Fsp3) is 0.273. The molecule has 0 N–H and O–H groups in total. The molecule has 2 aromatic rings. The first kappa shape index (κ1) is 22.4. The van der Waals surface area contributed by atoms with Crippen LogP contribution in [0.25, 0.3) is 6.08 Å². The smallest absolute Gasteiger partial charge is 0.266 e. The molecule has 158 valence electrons. The van der Waals surface area contributed by atoms with E-state index in [0.29, 0.717) is 41.3 Å². The summed E-state index contributed by atoms with van der Waals surface area (Å²) < 4.78 is 17.0. The van der Waals surface area contributed by atoms with E-state index in [1.165, 1.54) is 11.8 Å². The van der Waals surface area contributed by atoms with Crippen LogP contribution in [0.2, 0.25) is 0 Å². The van der Waals surface area contributed by atoms with Gasteiger partial charge >= 0.3 is 0 Å². The van der Waals surface area contributed by atoms with Gasteiger partial charge in [0.1, 0.15) is 0 Å². The molecule has 0 aromatic heterocycles. The third-order valence-electron chi connectivity index (χ3n) is 4.26. The fourth-order valence-corrected chi connectivity index (χ4v) is 4.27. The Kier molecular flexibility index (Phi) is 7.95. The lowest BCUT2D eigenvalue weighted by molar-refractivity contribution is -0.122. The Morgan fingerprint density at radius 3 is 2.60 bits per heavy atom. The van der Waals surface area contributed by atoms with Crippen LogP contribution in [0.3, 0.4) is 0 Å². The molecule has 1 aliphatic heterocycles. The van der Waals surface area contributed by atoms with Gasteiger partial charge in [0, 0.05) is 11.6 Å². The van der Waals surface area contributed by atoms with Crippen LogP contribution < -0.4 is 9.47 Å². The van der Waals surface area contributed by atoms with Gasteiger partial charge in [0.25, 0.3) is 5.91 Å². The highest BCUT2D eigenvalue weighted by Crippen LogP contribution is 2.38. The molecule has 1 heterocycles. The molecule has 1 saturated heterocycles. The van der Waals surface area contributed by atoms with E-state index in [1.807, 2.05) is 55.5 Å². The highest BCUT2D eigenvalue weighted by molar-refractivity contribution is 9.10. The Hall–Kier alpha value is -2.29. The number of carbonyl (C=O) groups is 1. The topological polar surface area (TPSA) is 60.4 Å². The van der Waals surface area contributed by atoms with Crippen LogP contribution in [-0.4, -0.2) is 50.0 Å². The first-order valence-electron chi connectivity index (χ1n) is 9.41. The van der Waals surface area contributed by atoms with E-state index in [2.05, 4.69) is 20.9 Å². The number of hydrogen-bond acceptors (Lipinski definition) is 6. The maximum absolute atomic E-state index is 13.1. The van der Waals surface area contributed by atoms with Gasteiger partial charge in [-0.05, 0) is 54.6 Å². The number of ether oxygens (including phenoxy) is 3. The lowest BCUT2D eigenvalue weighted by Crippen LogP contribution is -2.32. The first-order chi connectivity index (χ1) is 14.6. The van der Waals surface area contributed by atoms with Gasteiger partial charge in [-0.3, -0.25) is 9.69 Å². The van der Waals surface area contributed by atoms with Crippen LogP contribution >= 0.6 is 27.7 Å². The van der Waals surface area contributed by atoms with E-state index < -0.39 is 0 Å². The van der Waals surface area contributed by atoms with Crippen molar-refractivity contribution in [1.29, 1.82) is 0 Å². The van der Waals surface area contributed by atoms with Crippen molar-refractivity contribution in [2.45, 2.75) is 6.92 Å². The van der Waals surface area contributed by atoms with E-state index in [9.17, 15) is 4.79 Å². The Morgan fingerprint density at radius 1 is 1.17 bits per heavy atom. The van der Waals surface area contributed by atoms with E-state index in [-0.39, 0.29) is 5.91 Å². The second-order valence-electron chi connectivity index (χ2n) is 6.25. The number of aliphatic imine (C=N–C) groups is 1. The lowest BCUT2D eigenvalue weighted by atomic mass is 10.2. The number of carbonyl (C=O) groups excluding carboxylic acids is 1. The van der Waals surface area contributed by atoms with Crippen LogP contribution in [0.15, 0.2) is 56.8 Å². The predicted molar refractivity (Wildman–Crippen MR) is 125 cm³/mol. The molecule has 0 bridgehead atoms. The monoisotopic (exact) mass is 490 g/mol. The number of benzene rings is 2. The molecule has 2 aromatic carbocycles. The highest BCUT2D eigenvalue weighted by atomic mass is 79.9. The summed E-state index contributed by atoms with van der Waals surface area (Å²) in [7, 11) is 3.21. The molecule has 0 aliphatic carbocycles. The highest BCUT2D eigenvalue weighted by Gasteiger charge is 2.33. The third-order valence-corrected chi connectivity index (χ3v) is 5.95. The summed E-state index contributed by atoms with van der Waals surface area (Å²) in [5, 5.41) is 0.628. The summed E-state index contributed by atoms with van der Waals surface area (Å²) in [6, 6.07) is 13.3. The molecule has 1 aliphatic rings. The zero-order valence-electron chi connectivity index (χ0n) is 17.1. The van der Waals surface area contributed by atoms with Crippen molar-refractivity contribution >= 4 is 50.5 Å². The van der Waals surface area contributed by atoms with Gasteiger partial charge < -0.3 is 14.2 Å². The largest absolute Gasteiger partial charge is 0.493 e. The van der Waals surface area contributed by atoms with Crippen molar-refractivity contribution in [3.63, 3.8) is 0 Å². The molecule has 1 amide bonds. The summed E-state index contributed by atoms with van der Waals surface area (Å²) in [6.45, 7) is 3.30. The minimum atomic E-state index is -0.105. The summed E-state index contributed by atoms with van der Waals surface area (Å²) >= 11 is 4.91. The van der Waals surface area contributed by atoms with Crippen LogP contribution in [0.1, 0.15) is 12.5 Å². The Labute approximate surface area is 189 Å². The van der Waals surface area contributed by atoms with E-state index >= 15 is 0 Å². The Morgan fingerprint density at radius 2 is 1.93 bits per heavy atom. The maximum Gasteiger partial charge on any atom is 0.266 e. The second kappa shape index (κ2) is 10.7. The number of methoxy groups -OCH3 is 2. The average Bonchev–Trinajstić information content (AvgIpc) is 3.03. The number of halogens is 1. The second-order valence-corrected chi connectivity index (χ2v) is 8.11. The number of rotatable bonds is 8. The van der Waals surface area contributed by atoms with Gasteiger partial charge in [0.15, 0.2) is 16.7 Å². The molecule has 8 heteroatoms. The van der Waals surface area contributed by atoms with Crippen molar-refractivity contribution in [2.24, 2.45) is 4.99 Å². The summed E-state index contributed by atoms with van der Waals surface area (Å²) in [5.74, 6) is 1.15. The molecule has 0 atom stereocenters. The van der Waals surface area contributed by atoms with E-state index in [0.717, 1.165) is 15.7 Å². The molecule has 1 fully saturated rings. The average molecular weight is 491 g/mol. The minimum Gasteiger partial charge on any atom is -0.493 e. The summed E-state index contributed by atoms with van der Waals surface area (Å²) in [5.41, 5.74) is 1.61. The quantitative estimate of drug-likeness (QED) is 0.481. The Balaban J connectivity index is 1.96. The maximum atomic E-state index is 13.1. The molecule has 0 radical (unpaired) electrons. The molecule has 0 unspecified atom stereocenters. The summed E-state index contributed by atoms with van der Waals surface area (Å²) in [4.78, 5) is 20.0. The molecule has 0 saturated carbocycles. The number of hydrogen-bond donors (Lipinski definition) is 0. The van der Waals surface area contributed by atoms with Crippen LogP contribution in [-0.2, 0) is 9.53 Å². The van der Waals surface area contributed by atoms with Gasteiger partial charge in [0.05, 0.1) is 37.5 Å². The number of amides is 1. The van der Waals surface area contributed by atoms with Gasteiger partial charge in [-0.15, -0.1) is 0 Å². The van der Waals surface area contributed by atoms with Gasteiger partial charge in [-0.2, -0.15) is 0 Å².